The second-order valence-electron chi connectivity index (χ2n) is 12.2. The molecule has 0 aliphatic carbocycles. The van der Waals surface area contributed by atoms with Crippen molar-refractivity contribution in [1.82, 2.24) is 14.2 Å². The first kappa shape index (κ1) is 35.3. The molecule has 3 atom stereocenters. The molecule has 1 saturated heterocycles. The fourth-order valence-corrected chi connectivity index (χ4v) is 7.81. The van der Waals surface area contributed by atoms with Crippen LogP contribution in [0.2, 0.25) is 0 Å². The van der Waals surface area contributed by atoms with Crippen molar-refractivity contribution in [3.8, 4) is 0 Å². The summed E-state index contributed by atoms with van der Waals surface area (Å²) in [7, 11) is -3.87. The maximum atomic E-state index is 14.2. The highest BCUT2D eigenvalue weighted by Crippen LogP contribution is 2.32. The molecular formula is C35H43F2N3O5S. The summed E-state index contributed by atoms with van der Waals surface area (Å²) in [5.74, 6) is -3.34. The fourth-order valence-electron chi connectivity index (χ4n) is 6.31. The standard InChI is InChI=1S/C35H43F2N3O5S/c1-4-11-39(12-5-2)35(43)29-15-24(3)14-27(19-29)33(41)20-28(16-25-17-30(36)21-31(37)18-25)34(42)26-8-7-13-40(23-26)46(44,45)32-9-6-10-38-22-32/h6,9-10,14-15,17-19,21-22,26,28,34,42H,4-5,7-8,11-13,16,20,23H2,1-3H3/t26-,28-,34-/m1/s1. The SMILES string of the molecule is CCCN(CCC)C(=O)c1cc(C)cc(C(=O)C[C@@H](Cc2cc(F)cc(F)c2)[C@H](O)[C@@H]2CCCN(S(=O)(=O)c3cccnc3)C2)c1. The summed E-state index contributed by atoms with van der Waals surface area (Å²) < 4.78 is 56.3. The molecule has 1 aliphatic heterocycles. The van der Waals surface area contributed by atoms with Gasteiger partial charge in [-0.25, -0.2) is 17.2 Å². The second-order valence-corrected chi connectivity index (χ2v) is 14.1. The van der Waals surface area contributed by atoms with Gasteiger partial charge in [-0.2, -0.15) is 4.31 Å². The van der Waals surface area contributed by atoms with Crippen LogP contribution in [0.5, 0.6) is 0 Å². The molecule has 2 aromatic carbocycles. The van der Waals surface area contributed by atoms with Crippen LogP contribution >= 0.6 is 0 Å². The van der Waals surface area contributed by atoms with E-state index in [1.807, 2.05) is 13.8 Å². The van der Waals surface area contributed by atoms with Gasteiger partial charge in [-0.05, 0) is 104 Å². The van der Waals surface area contributed by atoms with Gasteiger partial charge in [-0.3, -0.25) is 14.6 Å². The molecule has 4 rings (SSSR count). The number of aryl methyl sites for hydroxylation is 1. The minimum Gasteiger partial charge on any atom is -0.392 e. The van der Waals surface area contributed by atoms with Crippen molar-refractivity contribution in [2.45, 2.75) is 70.3 Å². The molecule has 0 spiro atoms. The Morgan fingerprint density at radius 1 is 1.04 bits per heavy atom. The number of halogens is 2. The number of sulfonamides is 1. The van der Waals surface area contributed by atoms with Gasteiger partial charge in [0, 0.05) is 62.2 Å². The van der Waals surface area contributed by atoms with Crippen molar-refractivity contribution in [1.29, 1.82) is 0 Å². The quantitative estimate of drug-likeness (QED) is 0.219. The zero-order valence-electron chi connectivity index (χ0n) is 26.7. The number of aromatic nitrogens is 1. The van der Waals surface area contributed by atoms with Crippen molar-refractivity contribution in [2.24, 2.45) is 11.8 Å². The van der Waals surface area contributed by atoms with Gasteiger partial charge < -0.3 is 10.0 Å². The number of nitrogens with zero attached hydrogens (tertiary/aromatic N) is 3. The molecule has 0 bridgehead atoms. The van der Waals surface area contributed by atoms with E-state index in [-0.39, 0.29) is 48.1 Å². The number of carbonyl (C=O) groups excluding carboxylic acids is 2. The number of piperidine rings is 1. The van der Waals surface area contributed by atoms with Crippen LogP contribution in [0.3, 0.4) is 0 Å². The monoisotopic (exact) mass is 655 g/mol. The summed E-state index contributed by atoms with van der Waals surface area (Å²) in [4.78, 5) is 32.9. The number of aliphatic hydroxyl groups is 1. The van der Waals surface area contributed by atoms with Crippen molar-refractivity contribution in [3.05, 3.63) is 94.8 Å². The average Bonchev–Trinajstić information content (AvgIpc) is 3.03. The fraction of sp³-hybridized carbons (Fsp3) is 0.457. The second kappa shape index (κ2) is 15.8. The number of benzene rings is 2. The Morgan fingerprint density at radius 3 is 2.35 bits per heavy atom. The molecule has 1 amide bonds. The van der Waals surface area contributed by atoms with Gasteiger partial charge in [0.2, 0.25) is 10.0 Å². The van der Waals surface area contributed by atoms with Crippen LogP contribution < -0.4 is 0 Å². The van der Waals surface area contributed by atoms with E-state index < -0.39 is 39.6 Å². The molecule has 1 N–H and O–H groups in total. The van der Waals surface area contributed by atoms with E-state index in [9.17, 15) is 31.9 Å². The summed E-state index contributed by atoms with van der Waals surface area (Å²) in [5.41, 5.74) is 1.72. The lowest BCUT2D eigenvalue weighted by molar-refractivity contribution is 0.0231. The van der Waals surface area contributed by atoms with Crippen LogP contribution in [0.15, 0.2) is 65.8 Å². The number of amides is 1. The Hall–Kier alpha value is -3.54. The van der Waals surface area contributed by atoms with Crippen LogP contribution in [0.4, 0.5) is 8.78 Å². The predicted molar refractivity (Wildman–Crippen MR) is 172 cm³/mol. The van der Waals surface area contributed by atoms with Gasteiger partial charge in [-0.15, -0.1) is 0 Å². The Morgan fingerprint density at radius 2 is 1.72 bits per heavy atom. The Bertz CT molecular complexity index is 1590. The van der Waals surface area contributed by atoms with Crippen molar-refractivity contribution in [3.63, 3.8) is 0 Å². The van der Waals surface area contributed by atoms with Crippen LogP contribution in [0, 0.1) is 30.4 Å². The number of hydrogen-bond donors (Lipinski definition) is 1. The molecule has 248 valence electrons. The molecule has 2 heterocycles. The van der Waals surface area contributed by atoms with E-state index in [2.05, 4.69) is 4.98 Å². The topological polar surface area (TPSA) is 108 Å². The molecule has 11 heteroatoms. The lowest BCUT2D eigenvalue weighted by atomic mass is 9.79. The summed E-state index contributed by atoms with van der Waals surface area (Å²) >= 11 is 0. The lowest BCUT2D eigenvalue weighted by Gasteiger charge is -2.37. The molecule has 46 heavy (non-hydrogen) atoms. The highest BCUT2D eigenvalue weighted by atomic mass is 32.2. The molecule has 1 aromatic heterocycles. The maximum absolute atomic E-state index is 14.2. The Labute approximate surface area is 270 Å². The first-order chi connectivity index (χ1) is 21.9. The first-order valence-corrected chi connectivity index (χ1v) is 17.3. The van der Waals surface area contributed by atoms with Gasteiger partial charge in [-0.1, -0.05) is 13.8 Å². The summed E-state index contributed by atoms with van der Waals surface area (Å²) in [6.45, 7) is 7.28. The van der Waals surface area contributed by atoms with Crippen molar-refractivity contribution >= 4 is 21.7 Å². The van der Waals surface area contributed by atoms with E-state index in [1.54, 1.807) is 36.1 Å². The van der Waals surface area contributed by atoms with Gasteiger partial charge in [0.15, 0.2) is 5.78 Å². The van der Waals surface area contributed by atoms with Crippen molar-refractivity contribution < 1.29 is 31.9 Å². The number of pyridine rings is 1. The summed E-state index contributed by atoms with van der Waals surface area (Å²) in [6, 6.07) is 11.1. The number of Topliss-reactive ketones (excluding diaryl/α,β-unsaturated/α-hetero) is 1. The third-order valence-electron chi connectivity index (χ3n) is 8.45. The van der Waals surface area contributed by atoms with Gasteiger partial charge in [0.25, 0.3) is 5.91 Å². The van der Waals surface area contributed by atoms with E-state index in [4.69, 9.17) is 0 Å². The zero-order valence-corrected chi connectivity index (χ0v) is 27.5. The summed E-state index contributed by atoms with van der Waals surface area (Å²) in [5, 5.41) is 11.7. The largest absolute Gasteiger partial charge is 0.392 e. The predicted octanol–water partition coefficient (Wildman–Crippen LogP) is 5.82. The van der Waals surface area contributed by atoms with Crippen LogP contribution in [0.1, 0.15) is 77.8 Å². The molecule has 1 fully saturated rings. The normalized spacial score (nSPS) is 17.0. The Kier molecular flexibility index (Phi) is 12.2. The first-order valence-electron chi connectivity index (χ1n) is 15.9. The molecular weight excluding hydrogens is 612 g/mol. The Balaban J connectivity index is 1.61. The van der Waals surface area contributed by atoms with Gasteiger partial charge in [0.05, 0.1) is 6.10 Å². The molecule has 8 nitrogen and oxygen atoms in total. The highest BCUT2D eigenvalue weighted by Gasteiger charge is 2.37. The maximum Gasteiger partial charge on any atom is 0.253 e. The number of carbonyl (C=O) groups is 2. The van der Waals surface area contributed by atoms with Gasteiger partial charge in [0.1, 0.15) is 16.5 Å². The minimum atomic E-state index is -3.87. The van der Waals surface area contributed by atoms with E-state index in [0.29, 0.717) is 37.1 Å². The van der Waals surface area contributed by atoms with Crippen LogP contribution in [0.25, 0.3) is 0 Å². The zero-order chi connectivity index (χ0) is 33.4. The number of rotatable bonds is 14. The van der Waals surface area contributed by atoms with Crippen LogP contribution in [-0.4, -0.2) is 71.7 Å². The summed E-state index contributed by atoms with van der Waals surface area (Å²) in [6.07, 6.45) is 4.02. The molecule has 1 aliphatic rings. The smallest absolute Gasteiger partial charge is 0.253 e. The van der Waals surface area contributed by atoms with E-state index in [0.717, 1.165) is 24.5 Å². The minimum absolute atomic E-state index is 0.00811. The number of hydrogen-bond acceptors (Lipinski definition) is 6. The van der Waals surface area contributed by atoms with Gasteiger partial charge >= 0.3 is 0 Å². The van der Waals surface area contributed by atoms with E-state index in [1.165, 1.54) is 34.9 Å². The number of ketones is 1. The molecule has 0 unspecified atom stereocenters. The third kappa shape index (κ3) is 8.83. The molecule has 0 radical (unpaired) electrons. The third-order valence-corrected chi connectivity index (χ3v) is 10.3. The van der Waals surface area contributed by atoms with E-state index >= 15 is 0 Å². The molecule has 3 aromatic rings. The molecule has 0 saturated carbocycles. The lowest BCUT2D eigenvalue weighted by Crippen LogP contribution is -2.46. The van der Waals surface area contributed by atoms with Crippen LogP contribution in [-0.2, 0) is 16.4 Å². The highest BCUT2D eigenvalue weighted by molar-refractivity contribution is 7.89. The number of aliphatic hydroxyl groups excluding tert-OH is 1. The van der Waals surface area contributed by atoms with Crippen molar-refractivity contribution in [2.75, 3.05) is 26.2 Å². The average molecular weight is 656 g/mol.